The van der Waals surface area contributed by atoms with Gasteiger partial charge in [-0.2, -0.15) is 10.2 Å². The third-order valence-corrected chi connectivity index (χ3v) is 7.17. The van der Waals surface area contributed by atoms with Crippen LogP contribution in [-0.2, 0) is 11.2 Å². The number of fused-ring (bicyclic) bond motifs is 1. The highest BCUT2D eigenvalue weighted by Gasteiger charge is 2.25. The van der Waals surface area contributed by atoms with Gasteiger partial charge in [0.05, 0.1) is 41.9 Å². The van der Waals surface area contributed by atoms with Crippen molar-refractivity contribution in [2.75, 3.05) is 17.3 Å². The topological polar surface area (TPSA) is 107 Å². The van der Waals surface area contributed by atoms with E-state index in [-0.39, 0.29) is 12.3 Å². The maximum Gasteiger partial charge on any atom is 0.229 e. The van der Waals surface area contributed by atoms with Crippen molar-refractivity contribution in [2.45, 2.75) is 25.2 Å². The minimum absolute atomic E-state index is 0.0953. The number of aromatic nitrogens is 6. The lowest BCUT2D eigenvalue weighted by molar-refractivity contribution is -0.115. The normalized spacial score (nSPS) is 14.7. The average Bonchev–Trinajstić information content (AvgIpc) is 3.58. The molecular formula is C30H27N9O. The molecule has 0 bridgehead atoms. The van der Waals surface area contributed by atoms with Gasteiger partial charge in [-0.05, 0) is 30.0 Å². The summed E-state index contributed by atoms with van der Waals surface area (Å²) in [6.45, 7) is 0. The Morgan fingerprint density at radius 2 is 1.85 bits per heavy atom. The Labute approximate surface area is 230 Å². The van der Waals surface area contributed by atoms with E-state index in [4.69, 9.17) is 5.10 Å². The molecule has 0 saturated heterocycles. The van der Waals surface area contributed by atoms with Crippen LogP contribution in [0.15, 0.2) is 92.2 Å². The van der Waals surface area contributed by atoms with Gasteiger partial charge in [0.25, 0.3) is 0 Å². The fourth-order valence-corrected chi connectivity index (χ4v) is 4.90. The van der Waals surface area contributed by atoms with Crippen LogP contribution in [0.5, 0.6) is 0 Å². The monoisotopic (exact) mass is 529 g/mol. The third-order valence-electron chi connectivity index (χ3n) is 7.17. The van der Waals surface area contributed by atoms with E-state index in [1.807, 2.05) is 88.9 Å². The van der Waals surface area contributed by atoms with Crippen molar-refractivity contribution in [3.05, 3.63) is 103 Å². The van der Waals surface area contributed by atoms with E-state index < -0.39 is 0 Å². The molecule has 10 nitrogen and oxygen atoms in total. The average molecular weight is 530 g/mol. The second-order valence-electron chi connectivity index (χ2n) is 10.1. The van der Waals surface area contributed by atoms with E-state index >= 15 is 0 Å². The minimum Gasteiger partial charge on any atom is -0.354 e. The summed E-state index contributed by atoms with van der Waals surface area (Å²) >= 11 is 0. The molecule has 5 heterocycles. The first-order chi connectivity index (χ1) is 19.6. The van der Waals surface area contributed by atoms with Gasteiger partial charge in [-0.3, -0.25) is 19.9 Å². The Balaban J connectivity index is 1.17. The summed E-state index contributed by atoms with van der Waals surface area (Å²) in [5, 5.41) is 14.8. The molecule has 1 aliphatic carbocycles. The molecule has 198 valence electrons. The number of hydrogen-bond acceptors (Lipinski definition) is 7. The molecule has 0 atom stereocenters. The zero-order valence-electron chi connectivity index (χ0n) is 21.9. The van der Waals surface area contributed by atoms with Crippen molar-refractivity contribution in [3.63, 3.8) is 0 Å². The molecule has 0 spiro atoms. The fourth-order valence-electron chi connectivity index (χ4n) is 4.90. The van der Waals surface area contributed by atoms with Crippen LogP contribution in [0, 0.1) is 0 Å². The number of amides is 1. The van der Waals surface area contributed by atoms with Gasteiger partial charge in [-0.1, -0.05) is 24.3 Å². The molecule has 10 heteroatoms. The first-order valence-electron chi connectivity index (χ1n) is 13.2. The van der Waals surface area contributed by atoms with Crippen molar-refractivity contribution in [1.29, 1.82) is 0 Å². The first kappa shape index (κ1) is 23.8. The smallest absolute Gasteiger partial charge is 0.229 e. The predicted molar refractivity (Wildman–Crippen MR) is 153 cm³/mol. The predicted octanol–water partition coefficient (Wildman–Crippen LogP) is 4.93. The maximum absolute atomic E-state index is 12.6. The molecule has 1 saturated carbocycles. The van der Waals surface area contributed by atoms with Crippen LogP contribution in [0.3, 0.4) is 0 Å². The number of benzene rings is 1. The highest BCUT2D eigenvalue weighted by molar-refractivity contribution is 5.94. The number of nitrogens with one attached hydrogen (secondary N) is 2. The minimum atomic E-state index is -0.0953. The van der Waals surface area contributed by atoms with Crippen LogP contribution in [0.25, 0.3) is 27.9 Å². The zero-order chi connectivity index (χ0) is 27.1. The van der Waals surface area contributed by atoms with Crippen molar-refractivity contribution >= 4 is 22.9 Å². The first-order valence-corrected chi connectivity index (χ1v) is 13.2. The number of hydrogen-bond donors (Lipinski definition) is 2. The Bertz CT molecular complexity index is 1730. The van der Waals surface area contributed by atoms with E-state index in [1.54, 1.807) is 18.6 Å². The molecule has 4 aromatic heterocycles. The molecule has 0 radical (unpaired) electrons. The number of nitrogens with zero attached hydrogens (tertiary/aromatic N) is 7. The van der Waals surface area contributed by atoms with Gasteiger partial charge in [-0.25, -0.2) is 4.52 Å². The van der Waals surface area contributed by atoms with Crippen LogP contribution in [-0.4, -0.2) is 47.6 Å². The van der Waals surface area contributed by atoms with Crippen LogP contribution in [0.1, 0.15) is 30.0 Å². The number of H-pyrrole nitrogens is 1. The van der Waals surface area contributed by atoms with E-state index in [2.05, 4.69) is 31.5 Å². The lowest BCUT2D eigenvalue weighted by Gasteiger charge is -2.23. The van der Waals surface area contributed by atoms with Crippen molar-refractivity contribution in [1.82, 2.24) is 34.7 Å². The molecule has 1 amide bonds. The molecular weight excluding hydrogens is 502 g/mol. The van der Waals surface area contributed by atoms with E-state index in [0.29, 0.717) is 11.7 Å². The second-order valence-corrected chi connectivity index (χ2v) is 10.1. The van der Waals surface area contributed by atoms with Crippen molar-refractivity contribution in [2.24, 2.45) is 0 Å². The standard InChI is InChI=1S/C30H27N9O/c1-37-10-12-38(13-11-37)23-15-24(27-18-31-8-9-32-27)30-25(17-33-39(30)19-23)21-4-2-20(3-5-21)14-29(40)34-28-16-26(35-36-28)22-6-7-22/h2-5,8-13,15-19,22H,6-7,14H2,1H3,(H2,34,35,36,40). The summed E-state index contributed by atoms with van der Waals surface area (Å²) in [6, 6.07) is 12.1. The SMILES string of the molecule is CN1C=CN(c2cc(-c3cnccn3)c3c(-c4ccc(CC(=O)Nc5cc(C6CC6)[nH]n5)cc4)cnn3c2)C=C1. The van der Waals surface area contributed by atoms with Crippen molar-refractivity contribution in [3.8, 4) is 22.4 Å². The largest absolute Gasteiger partial charge is 0.354 e. The number of aromatic amines is 1. The Morgan fingerprint density at radius 1 is 1.02 bits per heavy atom. The zero-order valence-corrected chi connectivity index (χ0v) is 21.9. The third kappa shape index (κ3) is 4.71. The summed E-state index contributed by atoms with van der Waals surface area (Å²) in [4.78, 5) is 25.6. The molecule has 2 aliphatic rings. The van der Waals surface area contributed by atoms with Gasteiger partial charge in [0.1, 0.15) is 0 Å². The highest BCUT2D eigenvalue weighted by Crippen LogP contribution is 2.39. The molecule has 2 N–H and O–H groups in total. The number of carbonyl (C=O) groups excluding carboxylic acids is 1. The quantitative estimate of drug-likeness (QED) is 0.308. The Morgan fingerprint density at radius 3 is 2.60 bits per heavy atom. The van der Waals surface area contributed by atoms with Crippen LogP contribution in [0.2, 0.25) is 0 Å². The van der Waals surface area contributed by atoms with E-state index in [1.165, 1.54) is 12.8 Å². The number of anilines is 2. The Kier molecular flexibility index (Phi) is 5.85. The highest BCUT2D eigenvalue weighted by atomic mass is 16.1. The molecule has 5 aromatic rings. The van der Waals surface area contributed by atoms with Crippen molar-refractivity contribution < 1.29 is 4.79 Å². The summed E-state index contributed by atoms with van der Waals surface area (Å²) < 4.78 is 1.88. The molecule has 7 rings (SSSR count). The van der Waals surface area contributed by atoms with Gasteiger partial charge < -0.3 is 15.1 Å². The lowest BCUT2D eigenvalue weighted by atomic mass is 10.0. The van der Waals surface area contributed by atoms with Crippen LogP contribution >= 0.6 is 0 Å². The van der Waals surface area contributed by atoms with Gasteiger partial charge in [0.15, 0.2) is 5.82 Å². The molecule has 1 aromatic carbocycles. The summed E-state index contributed by atoms with van der Waals surface area (Å²) in [5.74, 6) is 1.04. The second kappa shape index (κ2) is 9.81. The van der Waals surface area contributed by atoms with Crippen LogP contribution < -0.4 is 10.2 Å². The maximum atomic E-state index is 12.6. The van der Waals surface area contributed by atoms with Gasteiger partial charge in [-0.15, -0.1) is 0 Å². The van der Waals surface area contributed by atoms with Gasteiger partial charge in [0.2, 0.25) is 5.91 Å². The summed E-state index contributed by atoms with van der Waals surface area (Å²) in [6.07, 6.45) is 19.6. The summed E-state index contributed by atoms with van der Waals surface area (Å²) in [7, 11) is 1.99. The fraction of sp³-hybridized carbons (Fsp3) is 0.167. The Hall–Kier alpha value is -5.25. The number of rotatable bonds is 7. The summed E-state index contributed by atoms with van der Waals surface area (Å²) in [5.41, 5.74) is 7.54. The number of pyridine rings is 1. The van der Waals surface area contributed by atoms with Crippen LogP contribution in [0.4, 0.5) is 11.5 Å². The molecule has 0 unspecified atom stereocenters. The molecule has 1 fully saturated rings. The molecule has 1 aliphatic heterocycles. The number of carbonyl (C=O) groups is 1. The molecule has 40 heavy (non-hydrogen) atoms. The van der Waals surface area contributed by atoms with E-state index in [0.717, 1.165) is 44.8 Å². The lowest BCUT2D eigenvalue weighted by Crippen LogP contribution is -2.16. The van der Waals surface area contributed by atoms with Gasteiger partial charge >= 0.3 is 0 Å². The van der Waals surface area contributed by atoms with Gasteiger partial charge in [0, 0.05) is 73.0 Å². The van der Waals surface area contributed by atoms with E-state index in [9.17, 15) is 4.79 Å².